The van der Waals surface area contributed by atoms with Gasteiger partial charge in [0, 0.05) is 0 Å². The molecule has 2 heteroatoms. The Balaban J connectivity index is 1.96. The van der Waals surface area contributed by atoms with Gasteiger partial charge in [0.05, 0.1) is 10.1 Å². The molecule has 2 atom stereocenters. The Morgan fingerprint density at radius 2 is 2.25 bits per heavy atom. The zero-order valence-corrected chi connectivity index (χ0v) is 10.0. The third-order valence-electron chi connectivity index (χ3n) is 2.92. The monoisotopic (exact) mass is 230 g/mol. The van der Waals surface area contributed by atoms with Crippen LogP contribution < -0.4 is 4.74 Å². The highest BCUT2D eigenvalue weighted by Gasteiger charge is 2.28. The van der Waals surface area contributed by atoms with Gasteiger partial charge in [-0.15, -0.1) is 11.8 Å². The van der Waals surface area contributed by atoms with Crippen molar-refractivity contribution in [1.82, 2.24) is 0 Å². The van der Waals surface area contributed by atoms with E-state index in [4.69, 9.17) is 4.74 Å². The molecule has 1 aromatic carbocycles. The topological polar surface area (TPSA) is 9.23 Å². The molecule has 3 rings (SSSR count). The molecule has 1 nitrogen and oxygen atoms in total. The van der Waals surface area contributed by atoms with E-state index < -0.39 is 0 Å². The predicted octanol–water partition coefficient (Wildman–Crippen LogP) is 3.73. The van der Waals surface area contributed by atoms with Crippen molar-refractivity contribution in [1.29, 1.82) is 0 Å². The molecule has 0 N–H and O–H groups in total. The molecule has 1 heterocycles. The van der Waals surface area contributed by atoms with Gasteiger partial charge in [-0.2, -0.15) is 0 Å². The van der Waals surface area contributed by atoms with Gasteiger partial charge in [0.1, 0.15) is 11.9 Å². The van der Waals surface area contributed by atoms with Crippen molar-refractivity contribution in [2.75, 3.05) is 0 Å². The maximum absolute atomic E-state index is 6.02. The zero-order valence-electron chi connectivity index (χ0n) is 9.22. The quantitative estimate of drug-likeness (QED) is 0.671. The van der Waals surface area contributed by atoms with Crippen LogP contribution in [-0.2, 0) is 0 Å². The summed E-state index contributed by atoms with van der Waals surface area (Å²) in [5.74, 6) is 1.03. The van der Waals surface area contributed by atoms with Gasteiger partial charge >= 0.3 is 0 Å². The normalized spacial score (nSPS) is 26.6. The SMILES string of the molecule is Cc1ccc2c(c1)SC1CC=CC=CC1O2. The number of allylic oxidation sites excluding steroid dienone is 3. The maximum atomic E-state index is 6.02. The number of hydrogen-bond donors (Lipinski definition) is 0. The molecule has 0 aromatic heterocycles. The Bertz CT molecular complexity index is 462. The molecule has 1 aliphatic carbocycles. The van der Waals surface area contributed by atoms with Crippen LogP contribution in [0.1, 0.15) is 12.0 Å². The molecule has 2 unspecified atom stereocenters. The summed E-state index contributed by atoms with van der Waals surface area (Å²) in [5, 5.41) is 0.518. The lowest BCUT2D eigenvalue weighted by atomic mass is 10.2. The van der Waals surface area contributed by atoms with Gasteiger partial charge in [-0.3, -0.25) is 0 Å². The Morgan fingerprint density at radius 3 is 3.19 bits per heavy atom. The van der Waals surface area contributed by atoms with E-state index >= 15 is 0 Å². The van der Waals surface area contributed by atoms with Crippen molar-refractivity contribution in [3.8, 4) is 5.75 Å². The fraction of sp³-hybridized carbons (Fsp3) is 0.286. The van der Waals surface area contributed by atoms with Gasteiger partial charge in [-0.05, 0) is 37.1 Å². The van der Waals surface area contributed by atoms with Crippen molar-refractivity contribution in [2.45, 2.75) is 29.6 Å². The molecule has 16 heavy (non-hydrogen) atoms. The summed E-state index contributed by atoms with van der Waals surface area (Å²) in [4.78, 5) is 1.28. The van der Waals surface area contributed by atoms with Crippen LogP contribution in [0.15, 0.2) is 47.4 Å². The average Bonchev–Trinajstić information content (AvgIpc) is 2.50. The summed E-state index contributed by atoms with van der Waals surface area (Å²) in [6.45, 7) is 2.12. The van der Waals surface area contributed by atoms with Gasteiger partial charge in [0.2, 0.25) is 0 Å². The number of thioether (sulfide) groups is 1. The molecule has 1 aromatic rings. The molecule has 0 saturated heterocycles. The molecule has 2 aliphatic rings. The van der Waals surface area contributed by atoms with Crippen LogP contribution in [0.25, 0.3) is 0 Å². The Hall–Kier alpha value is -1.15. The smallest absolute Gasteiger partial charge is 0.133 e. The second kappa shape index (κ2) is 4.02. The van der Waals surface area contributed by atoms with Gasteiger partial charge in [0.15, 0.2) is 0 Å². The molecular formula is C14H14OS. The van der Waals surface area contributed by atoms with Crippen LogP contribution in [0.5, 0.6) is 5.75 Å². The second-order valence-corrected chi connectivity index (χ2v) is 5.52. The number of rotatable bonds is 0. The van der Waals surface area contributed by atoms with Crippen molar-refractivity contribution in [3.63, 3.8) is 0 Å². The largest absolute Gasteiger partial charge is 0.484 e. The summed E-state index contributed by atoms with van der Waals surface area (Å²) in [5.41, 5.74) is 1.30. The first-order chi connectivity index (χ1) is 7.83. The van der Waals surface area contributed by atoms with Crippen molar-refractivity contribution in [2.24, 2.45) is 0 Å². The van der Waals surface area contributed by atoms with E-state index in [1.807, 2.05) is 11.8 Å². The van der Waals surface area contributed by atoms with E-state index in [9.17, 15) is 0 Å². The van der Waals surface area contributed by atoms with Crippen molar-refractivity contribution < 1.29 is 4.74 Å². The average molecular weight is 230 g/mol. The minimum Gasteiger partial charge on any atom is -0.484 e. The molecule has 82 valence electrons. The van der Waals surface area contributed by atoms with Gasteiger partial charge in [-0.25, -0.2) is 0 Å². The summed E-state index contributed by atoms with van der Waals surface area (Å²) < 4.78 is 6.02. The van der Waals surface area contributed by atoms with Gasteiger partial charge in [-0.1, -0.05) is 24.3 Å². The number of fused-ring (bicyclic) bond motifs is 2. The fourth-order valence-corrected chi connectivity index (χ4v) is 3.37. The first-order valence-electron chi connectivity index (χ1n) is 5.60. The first kappa shape index (κ1) is 10.0. The third-order valence-corrected chi connectivity index (χ3v) is 4.26. The first-order valence-corrected chi connectivity index (χ1v) is 6.48. The van der Waals surface area contributed by atoms with Crippen molar-refractivity contribution in [3.05, 3.63) is 48.1 Å². The molecule has 0 amide bonds. The van der Waals surface area contributed by atoms with Crippen LogP contribution in [0.3, 0.4) is 0 Å². The molecule has 0 bridgehead atoms. The Labute approximate surface area is 100 Å². The van der Waals surface area contributed by atoms with Crippen LogP contribution in [-0.4, -0.2) is 11.4 Å². The van der Waals surface area contributed by atoms with Crippen LogP contribution >= 0.6 is 11.8 Å². The zero-order chi connectivity index (χ0) is 11.0. The lowest BCUT2D eigenvalue weighted by Crippen LogP contribution is -2.29. The van der Waals surface area contributed by atoms with Crippen LogP contribution in [0.2, 0.25) is 0 Å². The number of ether oxygens (including phenoxy) is 1. The summed E-state index contributed by atoms with van der Waals surface area (Å²) >= 11 is 1.94. The van der Waals surface area contributed by atoms with E-state index in [0.29, 0.717) is 5.25 Å². The lowest BCUT2D eigenvalue weighted by molar-refractivity contribution is 0.233. The summed E-state index contributed by atoms with van der Waals surface area (Å²) in [7, 11) is 0. The van der Waals surface area contributed by atoms with E-state index in [1.165, 1.54) is 10.5 Å². The molecule has 0 radical (unpaired) electrons. The summed E-state index contributed by atoms with van der Waals surface area (Å²) in [6, 6.07) is 6.41. The Morgan fingerprint density at radius 1 is 1.31 bits per heavy atom. The minimum atomic E-state index is 0.218. The predicted molar refractivity (Wildman–Crippen MR) is 68.1 cm³/mol. The van der Waals surface area contributed by atoms with E-state index in [1.54, 1.807) is 0 Å². The number of aryl methyl sites for hydroxylation is 1. The van der Waals surface area contributed by atoms with Crippen molar-refractivity contribution >= 4 is 11.8 Å². The minimum absolute atomic E-state index is 0.218. The molecule has 0 saturated carbocycles. The fourth-order valence-electron chi connectivity index (χ4n) is 2.07. The van der Waals surface area contributed by atoms with Gasteiger partial charge in [0.25, 0.3) is 0 Å². The third kappa shape index (κ3) is 1.78. The van der Waals surface area contributed by atoms with Crippen LogP contribution in [0, 0.1) is 6.92 Å². The maximum Gasteiger partial charge on any atom is 0.133 e. The second-order valence-electron chi connectivity index (χ2n) is 4.24. The molecular weight excluding hydrogens is 216 g/mol. The molecule has 0 spiro atoms. The highest BCUT2D eigenvalue weighted by Crippen LogP contribution is 2.42. The summed E-state index contributed by atoms with van der Waals surface area (Å²) in [6.07, 6.45) is 9.87. The van der Waals surface area contributed by atoms with Crippen LogP contribution in [0.4, 0.5) is 0 Å². The molecule has 0 fully saturated rings. The van der Waals surface area contributed by atoms with E-state index in [0.717, 1.165) is 12.2 Å². The molecule has 1 aliphatic heterocycles. The lowest BCUT2D eigenvalue weighted by Gasteiger charge is -2.30. The van der Waals surface area contributed by atoms with E-state index in [-0.39, 0.29) is 6.10 Å². The Kier molecular flexibility index (Phi) is 2.52. The standard InChI is InChI=1S/C14H14OS/c1-10-7-8-12-14(9-10)16-13-6-4-2-3-5-11(13)15-12/h2-5,7-9,11,13H,6H2,1H3. The highest BCUT2D eigenvalue weighted by atomic mass is 32.2. The highest BCUT2D eigenvalue weighted by molar-refractivity contribution is 8.00. The number of benzene rings is 1. The number of hydrogen-bond acceptors (Lipinski definition) is 2. The van der Waals surface area contributed by atoms with Gasteiger partial charge < -0.3 is 4.74 Å². The van der Waals surface area contributed by atoms with E-state index in [2.05, 4.69) is 49.4 Å².